The molecule has 3 aliphatic rings. The second-order valence-corrected chi connectivity index (χ2v) is 6.42. The summed E-state index contributed by atoms with van der Waals surface area (Å²) in [6.07, 6.45) is 4.70. The van der Waals surface area contributed by atoms with Crippen LogP contribution in [0, 0.1) is 11.3 Å². The Kier molecular flexibility index (Phi) is 2.39. The molecular weight excluding hydrogens is 252 g/mol. The molecule has 1 heterocycles. The van der Waals surface area contributed by atoms with Crippen molar-refractivity contribution in [1.82, 2.24) is 0 Å². The molecule has 1 aliphatic heterocycles. The van der Waals surface area contributed by atoms with Crippen LogP contribution in [0.3, 0.4) is 0 Å². The van der Waals surface area contributed by atoms with Crippen molar-refractivity contribution in [3.05, 3.63) is 35.9 Å². The van der Waals surface area contributed by atoms with E-state index < -0.39 is 11.0 Å². The van der Waals surface area contributed by atoms with Crippen LogP contribution >= 0.6 is 0 Å². The molecule has 3 nitrogen and oxygen atoms in total. The number of hydrogen-bond donors (Lipinski definition) is 0. The third-order valence-corrected chi connectivity index (χ3v) is 5.63. The van der Waals surface area contributed by atoms with E-state index in [1.54, 1.807) is 0 Å². The number of carbonyl (C=O) groups excluding carboxylic acids is 2. The number of hydrogen-bond acceptors (Lipinski definition) is 3. The van der Waals surface area contributed by atoms with Crippen molar-refractivity contribution in [2.24, 2.45) is 11.3 Å². The fraction of sp³-hybridized carbons (Fsp3) is 0.529. The van der Waals surface area contributed by atoms with E-state index in [9.17, 15) is 9.59 Å². The van der Waals surface area contributed by atoms with Gasteiger partial charge in [0.25, 0.3) is 0 Å². The van der Waals surface area contributed by atoms with Crippen molar-refractivity contribution in [1.29, 1.82) is 0 Å². The van der Waals surface area contributed by atoms with Gasteiger partial charge in [0.05, 0.1) is 11.3 Å². The number of carbonyl (C=O) groups is 2. The number of esters is 1. The van der Waals surface area contributed by atoms with Gasteiger partial charge in [-0.25, -0.2) is 0 Å². The van der Waals surface area contributed by atoms with Gasteiger partial charge in [-0.2, -0.15) is 0 Å². The normalized spacial score (nSPS) is 38.7. The van der Waals surface area contributed by atoms with Gasteiger partial charge in [0, 0.05) is 6.42 Å². The highest BCUT2D eigenvalue weighted by molar-refractivity contribution is 5.93. The van der Waals surface area contributed by atoms with Crippen molar-refractivity contribution in [3.8, 4) is 0 Å². The first kappa shape index (κ1) is 12.1. The van der Waals surface area contributed by atoms with Crippen molar-refractivity contribution in [2.75, 3.05) is 0 Å². The molecule has 3 heteroatoms. The zero-order valence-corrected chi connectivity index (χ0v) is 11.4. The average molecular weight is 270 g/mol. The number of ketones is 1. The molecule has 104 valence electrons. The van der Waals surface area contributed by atoms with Crippen LogP contribution < -0.4 is 0 Å². The summed E-state index contributed by atoms with van der Waals surface area (Å²) in [6, 6.07) is 10.1. The average Bonchev–Trinajstić information content (AvgIpc) is 2.70. The van der Waals surface area contributed by atoms with E-state index in [0.29, 0.717) is 12.2 Å². The predicted molar refractivity (Wildman–Crippen MR) is 73.0 cm³/mol. The quantitative estimate of drug-likeness (QED) is 0.776. The minimum absolute atomic E-state index is 0.0320. The standard InChI is InChI=1S/C17H18O3/c18-14-7-4-9-17-13(15(19)20-17)8-10-16(14,17)11-12-5-2-1-3-6-12/h1-3,5-6,13H,4,7-11H2/t13-,16+,17+/m1/s1. The predicted octanol–water partition coefficient (Wildman–Crippen LogP) is 2.67. The monoisotopic (exact) mass is 270 g/mol. The molecule has 1 aromatic rings. The van der Waals surface area contributed by atoms with E-state index in [4.69, 9.17) is 4.74 Å². The SMILES string of the molecule is O=C1O[C@]23CCCC(=O)[C@@]2(Cc2ccccc2)CC[C@H]13. The molecule has 2 saturated carbocycles. The van der Waals surface area contributed by atoms with Crippen LogP contribution in [0.2, 0.25) is 0 Å². The smallest absolute Gasteiger partial charge is 0.313 e. The van der Waals surface area contributed by atoms with Crippen LogP contribution in [0.15, 0.2) is 30.3 Å². The van der Waals surface area contributed by atoms with Gasteiger partial charge in [0.1, 0.15) is 11.4 Å². The number of ether oxygens (including phenoxy) is 1. The first-order valence-electron chi connectivity index (χ1n) is 7.48. The molecule has 0 bridgehead atoms. The molecule has 0 N–H and O–H groups in total. The third-order valence-electron chi connectivity index (χ3n) is 5.63. The van der Waals surface area contributed by atoms with E-state index >= 15 is 0 Å². The maximum absolute atomic E-state index is 12.7. The summed E-state index contributed by atoms with van der Waals surface area (Å²) in [6.45, 7) is 0. The molecule has 1 saturated heterocycles. The Morgan fingerprint density at radius 2 is 1.95 bits per heavy atom. The lowest BCUT2D eigenvalue weighted by Crippen LogP contribution is -2.66. The molecule has 20 heavy (non-hydrogen) atoms. The van der Waals surface area contributed by atoms with Gasteiger partial charge in [-0.3, -0.25) is 9.59 Å². The molecular formula is C17H18O3. The van der Waals surface area contributed by atoms with E-state index in [2.05, 4.69) is 12.1 Å². The zero-order valence-electron chi connectivity index (χ0n) is 11.4. The fourth-order valence-electron chi connectivity index (χ4n) is 4.71. The van der Waals surface area contributed by atoms with E-state index in [0.717, 1.165) is 32.1 Å². The Hall–Kier alpha value is -1.64. The number of Topliss-reactive ketones (excluding diaryl/α,β-unsaturated/α-hetero) is 1. The molecule has 1 aromatic carbocycles. The first-order valence-corrected chi connectivity index (χ1v) is 7.48. The Morgan fingerprint density at radius 1 is 1.15 bits per heavy atom. The summed E-state index contributed by atoms with van der Waals surface area (Å²) >= 11 is 0. The van der Waals surface area contributed by atoms with Crippen LogP contribution in [-0.4, -0.2) is 17.4 Å². The summed E-state index contributed by atoms with van der Waals surface area (Å²) in [5.74, 6) is 0.188. The largest absolute Gasteiger partial charge is 0.457 e. The highest BCUT2D eigenvalue weighted by atomic mass is 16.6. The minimum Gasteiger partial charge on any atom is -0.457 e. The van der Waals surface area contributed by atoms with Crippen LogP contribution in [-0.2, 0) is 20.7 Å². The lowest BCUT2D eigenvalue weighted by molar-refractivity contribution is -0.234. The van der Waals surface area contributed by atoms with Gasteiger partial charge >= 0.3 is 5.97 Å². The number of rotatable bonds is 2. The summed E-state index contributed by atoms with van der Waals surface area (Å²) in [7, 11) is 0. The molecule has 4 rings (SSSR count). The highest BCUT2D eigenvalue weighted by Crippen LogP contribution is 2.64. The molecule has 2 aliphatic carbocycles. The maximum Gasteiger partial charge on any atom is 0.313 e. The lowest BCUT2D eigenvalue weighted by Gasteiger charge is -2.54. The topological polar surface area (TPSA) is 43.4 Å². The van der Waals surface area contributed by atoms with Crippen molar-refractivity contribution >= 4 is 11.8 Å². The second-order valence-electron chi connectivity index (χ2n) is 6.42. The van der Waals surface area contributed by atoms with Gasteiger partial charge in [0.2, 0.25) is 0 Å². The number of benzene rings is 1. The Labute approximate surface area is 118 Å². The summed E-state index contributed by atoms with van der Waals surface area (Å²) < 4.78 is 5.64. The maximum atomic E-state index is 12.7. The summed E-state index contributed by atoms with van der Waals surface area (Å²) in [5.41, 5.74) is 0.242. The summed E-state index contributed by atoms with van der Waals surface area (Å²) in [5, 5.41) is 0. The second kappa shape index (κ2) is 3.94. The zero-order chi connectivity index (χ0) is 13.8. The van der Waals surface area contributed by atoms with Crippen LogP contribution in [0.25, 0.3) is 0 Å². The fourth-order valence-corrected chi connectivity index (χ4v) is 4.71. The molecule has 0 unspecified atom stereocenters. The molecule has 0 amide bonds. The lowest BCUT2D eigenvalue weighted by atomic mass is 9.57. The Morgan fingerprint density at radius 3 is 2.70 bits per heavy atom. The van der Waals surface area contributed by atoms with Crippen molar-refractivity contribution in [3.63, 3.8) is 0 Å². The van der Waals surface area contributed by atoms with Gasteiger partial charge in [-0.05, 0) is 37.7 Å². The van der Waals surface area contributed by atoms with Gasteiger partial charge < -0.3 is 4.74 Å². The first-order chi connectivity index (χ1) is 9.68. The summed E-state index contributed by atoms with van der Waals surface area (Å²) in [4.78, 5) is 24.4. The Bertz CT molecular complexity index is 579. The molecule has 0 aromatic heterocycles. The Balaban J connectivity index is 1.76. The van der Waals surface area contributed by atoms with Crippen molar-refractivity contribution < 1.29 is 14.3 Å². The molecule has 3 atom stereocenters. The highest BCUT2D eigenvalue weighted by Gasteiger charge is 2.74. The van der Waals surface area contributed by atoms with Crippen LogP contribution in [0.1, 0.15) is 37.7 Å². The van der Waals surface area contributed by atoms with Crippen LogP contribution in [0.5, 0.6) is 0 Å². The van der Waals surface area contributed by atoms with E-state index in [1.807, 2.05) is 18.2 Å². The third kappa shape index (κ3) is 1.31. The van der Waals surface area contributed by atoms with Crippen LogP contribution in [0.4, 0.5) is 0 Å². The van der Waals surface area contributed by atoms with E-state index in [1.165, 1.54) is 5.56 Å². The van der Waals surface area contributed by atoms with Crippen molar-refractivity contribution in [2.45, 2.75) is 44.1 Å². The van der Waals surface area contributed by atoms with Gasteiger partial charge in [-0.15, -0.1) is 0 Å². The van der Waals surface area contributed by atoms with E-state index in [-0.39, 0.29) is 11.9 Å². The van der Waals surface area contributed by atoms with Gasteiger partial charge in [-0.1, -0.05) is 30.3 Å². The molecule has 0 radical (unpaired) electrons. The van der Waals surface area contributed by atoms with Gasteiger partial charge in [0.15, 0.2) is 0 Å². The molecule has 1 spiro atoms. The molecule has 3 fully saturated rings. The minimum atomic E-state index is -0.477.